The maximum atomic E-state index is 13.1. The van der Waals surface area contributed by atoms with Crippen LogP contribution in [0.3, 0.4) is 0 Å². The highest BCUT2D eigenvalue weighted by atomic mass is 35.5. The number of rotatable bonds is 4. The number of amides is 1. The summed E-state index contributed by atoms with van der Waals surface area (Å²) >= 11 is 5.59. The molecule has 0 aliphatic carbocycles. The van der Waals surface area contributed by atoms with Crippen LogP contribution in [0.5, 0.6) is 0 Å². The Balaban J connectivity index is 3.43. The van der Waals surface area contributed by atoms with Gasteiger partial charge in [-0.15, -0.1) is 0 Å². The van der Waals surface area contributed by atoms with E-state index in [-0.39, 0.29) is 5.02 Å². The Morgan fingerprint density at radius 2 is 1.59 bits per heavy atom. The Morgan fingerprint density at radius 1 is 1.09 bits per heavy atom. The Labute approximate surface area is 126 Å². The normalized spacial score (nSPS) is 12.9. The van der Waals surface area contributed by atoms with Gasteiger partial charge in [0.2, 0.25) is 5.91 Å². The van der Waals surface area contributed by atoms with E-state index in [4.69, 9.17) is 11.6 Å². The predicted octanol–water partition coefficient (Wildman–Crippen LogP) is 4.10. The standard InChI is InChI=1S/C12H11ClF6N2O/c1-2-9(22)21-10(11(14,15)16,12(17,18)19)20-8-6-4-3-5-7(8)13/h3-6,20H,2H2,1H3,(H,21,22). The monoisotopic (exact) mass is 348 g/mol. The van der Waals surface area contributed by atoms with Crippen LogP contribution in [0.15, 0.2) is 24.3 Å². The first-order valence-corrected chi connectivity index (χ1v) is 6.29. The molecule has 10 heteroatoms. The van der Waals surface area contributed by atoms with Crippen molar-refractivity contribution in [3.63, 3.8) is 0 Å². The van der Waals surface area contributed by atoms with Gasteiger partial charge in [0.1, 0.15) is 0 Å². The fourth-order valence-corrected chi connectivity index (χ4v) is 1.72. The number of para-hydroxylation sites is 1. The molecule has 0 heterocycles. The number of hydrogen-bond donors (Lipinski definition) is 2. The third-order valence-corrected chi connectivity index (χ3v) is 3.02. The number of carbonyl (C=O) groups excluding carboxylic acids is 1. The summed E-state index contributed by atoms with van der Waals surface area (Å²) in [7, 11) is 0. The highest BCUT2D eigenvalue weighted by Crippen LogP contribution is 2.44. The minimum atomic E-state index is -5.85. The van der Waals surface area contributed by atoms with Crippen molar-refractivity contribution >= 4 is 23.2 Å². The molecule has 1 amide bonds. The lowest BCUT2D eigenvalue weighted by molar-refractivity contribution is -0.295. The summed E-state index contributed by atoms with van der Waals surface area (Å²) < 4.78 is 78.9. The van der Waals surface area contributed by atoms with Crippen LogP contribution in [0.4, 0.5) is 32.0 Å². The molecule has 0 atom stereocenters. The topological polar surface area (TPSA) is 41.1 Å². The van der Waals surface area contributed by atoms with Gasteiger partial charge in [0.05, 0.1) is 10.7 Å². The molecular formula is C12H11ClF6N2O. The lowest BCUT2D eigenvalue weighted by atomic mass is 10.1. The molecule has 0 spiro atoms. The van der Waals surface area contributed by atoms with Crippen molar-refractivity contribution in [1.82, 2.24) is 5.32 Å². The van der Waals surface area contributed by atoms with Gasteiger partial charge in [-0.25, -0.2) is 0 Å². The van der Waals surface area contributed by atoms with Gasteiger partial charge in [-0.1, -0.05) is 30.7 Å². The molecule has 0 radical (unpaired) electrons. The van der Waals surface area contributed by atoms with Crippen LogP contribution in [0.25, 0.3) is 0 Å². The van der Waals surface area contributed by atoms with E-state index in [9.17, 15) is 31.1 Å². The quantitative estimate of drug-likeness (QED) is 0.635. The maximum Gasteiger partial charge on any atom is 0.439 e. The van der Waals surface area contributed by atoms with Crippen LogP contribution in [0.2, 0.25) is 5.02 Å². The van der Waals surface area contributed by atoms with E-state index in [0.717, 1.165) is 24.4 Å². The SMILES string of the molecule is CCC(=O)NC(Nc1ccccc1Cl)(C(F)(F)F)C(F)(F)F. The lowest BCUT2D eigenvalue weighted by Gasteiger charge is -2.39. The first-order valence-electron chi connectivity index (χ1n) is 5.92. The second-order valence-corrected chi connectivity index (χ2v) is 4.66. The van der Waals surface area contributed by atoms with Crippen molar-refractivity contribution in [3.8, 4) is 0 Å². The van der Waals surface area contributed by atoms with E-state index in [2.05, 4.69) is 0 Å². The van der Waals surface area contributed by atoms with Gasteiger partial charge in [0, 0.05) is 6.42 Å². The summed E-state index contributed by atoms with van der Waals surface area (Å²) in [6.07, 6.45) is -12.3. The number of carbonyl (C=O) groups is 1. The van der Waals surface area contributed by atoms with Crippen LogP contribution in [-0.2, 0) is 4.79 Å². The number of anilines is 1. The van der Waals surface area contributed by atoms with Crippen LogP contribution in [-0.4, -0.2) is 23.9 Å². The highest BCUT2D eigenvalue weighted by Gasteiger charge is 2.72. The third kappa shape index (κ3) is 3.57. The van der Waals surface area contributed by atoms with E-state index in [1.165, 1.54) is 17.4 Å². The number of nitrogens with one attached hydrogen (secondary N) is 2. The van der Waals surface area contributed by atoms with E-state index >= 15 is 0 Å². The zero-order chi connectivity index (χ0) is 17.2. The van der Waals surface area contributed by atoms with Crippen LogP contribution in [0.1, 0.15) is 13.3 Å². The molecule has 0 bridgehead atoms. The first kappa shape index (κ1) is 18.4. The van der Waals surface area contributed by atoms with E-state index in [0.29, 0.717) is 0 Å². The summed E-state index contributed by atoms with van der Waals surface area (Å²) in [5.41, 5.74) is -5.26. The molecule has 0 fully saturated rings. The van der Waals surface area contributed by atoms with Gasteiger partial charge < -0.3 is 10.6 Å². The molecule has 0 saturated carbocycles. The number of hydrogen-bond acceptors (Lipinski definition) is 2. The zero-order valence-electron chi connectivity index (χ0n) is 11.1. The summed E-state index contributed by atoms with van der Waals surface area (Å²) in [4.78, 5) is 11.2. The van der Waals surface area contributed by atoms with E-state index < -0.39 is 36.0 Å². The number of halogens is 7. The average molecular weight is 349 g/mol. The molecule has 0 aliphatic rings. The van der Waals surface area contributed by atoms with Gasteiger partial charge in [-0.3, -0.25) is 4.79 Å². The molecule has 2 N–H and O–H groups in total. The van der Waals surface area contributed by atoms with Crippen molar-refractivity contribution in [2.75, 3.05) is 5.32 Å². The van der Waals surface area contributed by atoms with Crippen molar-refractivity contribution in [1.29, 1.82) is 0 Å². The highest BCUT2D eigenvalue weighted by molar-refractivity contribution is 6.33. The summed E-state index contributed by atoms with van der Waals surface area (Å²) in [6.45, 7) is 1.13. The predicted molar refractivity (Wildman–Crippen MR) is 68.3 cm³/mol. The molecule has 3 nitrogen and oxygen atoms in total. The van der Waals surface area contributed by atoms with Gasteiger partial charge in [-0.2, -0.15) is 26.3 Å². The van der Waals surface area contributed by atoms with Gasteiger partial charge in [0.25, 0.3) is 0 Å². The second-order valence-electron chi connectivity index (χ2n) is 4.25. The van der Waals surface area contributed by atoms with Gasteiger partial charge >= 0.3 is 18.0 Å². The molecule has 1 aromatic carbocycles. The molecule has 1 rings (SSSR count). The largest absolute Gasteiger partial charge is 0.439 e. The summed E-state index contributed by atoms with van der Waals surface area (Å²) in [5, 5.41) is 1.91. The van der Waals surface area contributed by atoms with Crippen LogP contribution < -0.4 is 10.6 Å². The Bertz CT molecular complexity index is 529. The summed E-state index contributed by atoms with van der Waals surface area (Å²) in [6, 6.07) is 4.59. The molecule has 0 aliphatic heterocycles. The van der Waals surface area contributed by atoms with Crippen LogP contribution in [0, 0.1) is 0 Å². The number of alkyl halides is 6. The minimum absolute atomic E-state index is 0.355. The van der Waals surface area contributed by atoms with Crippen molar-refractivity contribution in [2.45, 2.75) is 31.4 Å². The Kier molecular flexibility index (Phi) is 5.21. The van der Waals surface area contributed by atoms with E-state index in [1.807, 2.05) is 0 Å². The second kappa shape index (κ2) is 6.23. The third-order valence-electron chi connectivity index (χ3n) is 2.69. The van der Waals surface area contributed by atoms with Gasteiger partial charge in [0.15, 0.2) is 0 Å². The van der Waals surface area contributed by atoms with Crippen molar-refractivity contribution in [3.05, 3.63) is 29.3 Å². The van der Waals surface area contributed by atoms with Crippen molar-refractivity contribution in [2.24, 2.45) is 0 Å². The fourth-order valence-electron chi connectivity index (χ4n) is 1.54. The molecule has 1 aromatic rings. The zero-order valence-corrected chi connectivity index (χ0v) is 11.8. The summed E-state index contributed by atoms with van der Waals surface area (Å²) in [5.74, 6) is -1.42. The van der Waals surface area contributed by atoms with Crippen LogP contribution >= 0.6 is 11.6 Å². The Morgan fingerprint density at radius 3 is 2.00 bits per heavy atom. The average Bonchev–Trinajstić information content (AvgIpc) is 2.37. The lowest BCUT2D eigenvalue weighted by Crippen LogP contribution is -2.72. The Hall–Kier alpha value is -1.64. The number of benzene rings is 1. The molecule has 0 unspecified atom stereocenters. The molecule has 0 saturated heterocycles. The molecular weight excluding hydrogens is 338 g/mol. The van der Waals surface area contributed by atoms with Crippen molar-refractivity contribution < 1.29 is 31.1 Å². The maximum absolute atomic E-state index is 13.1. The minimum Gasteiger partial charge on any atom is -0.346 e. The van der Waals surface area contributed by atoms with Gasteiger partial charge in [-0.05, 0) is 12.1 Å². The molecule has 124 valence electrons. The first-order chi connectivity index (χ1) is 9.94. The van der Waals surface area contributed by atoms with E-state index in [1.54, 1.807) is 0 Å². The smallest absolute Gasteiger partial charge is 0.346 e. The fraction of sp³-hybridized carbons (Fsp3) is 0.417. The molecule has 22 heavy (non-hydrogen) atoms. The molecule has 0 aromatic heterocycles.